The molecule has 0 bridgehead atoms. The van der Waals surface area contributed by atoms with Crippen LogP contribution in [0.15, 0.2) is 48.5 Å². The van der Waals surface area contributed by atoms with Crippen LogP contribution in [0.4, 0.5) is 24.5 Å². The molecule has 1 saturated carbocycles. The molecular weight excluding hydrogens is 359 g/mol. The van der Waals surface area contributed by atoms with E-state index in [2.05, 4.69) is 10.6 Å². The summed E-state index contributed by atoms with van der Waals surface area (Å²) in [4.78, 5) is 24.4. The summed E-state index contributed by atoms with van der Waals surface area (Å²) in [6.45, 7) is 0. The van der Waals surface area contributed by atoms with Gasteiger partial charge >= 0.3 is 6.18 Å². The minimum atomic E-state index is -4.50. The third kappa shape index (κ3) is 4.26. The van der Waals surface area contributed by atoms with Crippen LogP contribution in [0.1, 0.15) is 17.5 Å². The number of hydrogen-bond acceptors (Lipinski definition) is 3. The van der Waals surface area contributed by atoms with Crippen LogP contribution < -0.4 is 10.6 Å². The first kappa shape index (κ1) is 18.5. The van der Waals surface area contributed by atoms with E-state index in [1.165, 1.54) is 12.1 Å². The predicted octanol–water partition coefficient (Wildman–Crippen LogP) is 3.79. The van der Waals surface area contributed by atoms with Crippen LogP contribution >= 0.6 is 0 Å². The third-order valence-corrected chi connectivity index (χ3v) is 4.23. The summed E-state index contributed by atoms with van der Waals surface area (Å²) in [7, 11) is 0. The number of nitriles is 1. The van der Waals surface area contributed by atoms with Crippen molar-refractivity contribution < 1.29 is 22.8 Å². The summed E-state index contributed by atoms with van der Waals surface area (Å²) in [6, 6.07) is 12.7. The normalized spacial score (nSPS) is 18.3. The molecule has 2 N–H and O–H groups in total. The summed E-state index contributed by atoms with van der Waals surface area (Å²) in [5.41, 5.74) is -0.181. The number of anilines is 2. The average molecular weight is 373 g/mol. The lowest BCUT2D eigenvalue weighted by Gasteiger charge is -2.10. The van der Waals surface area contributed by atoms with Gasteiger partial charge in [-0.2, -0.15) is 18.4 Å². The molecule has 0 aromatic heterocycles. The lowest BCUT2D eigenvalue weighted by atomic mass is 10.1. The van der Waals surface area contributed by atoms with Gasteiger partial charge in [0.15, 0.2) is 0 Å². The Balaban J connectivity index is 1.61. The van der Waals surface area contributed by atoms with Crippen molar-refractivity contribution >= 4 is 23.2 Å². The van der Waals surface area contributed by atoms with E-state index in [1.54, 1.807) is 24.3 Å². The van der Waals surface area contributed by atoms with Crippen molar-refractivity contribution in [3.8, 4) is 6.07 Å². The second kappa shape index (κ2) is 7.11. The lowest BCUT2D eigenvalue weighted by Crippen LogP contribution is -2.21. The highest BCUT2D eigenvalue weighted by molar-refractivity contribution is 6.03. The number of carbonyl (C=O) groups is 2. The minimum Gasteiger partial charge on any atom is -0.326 e. The van der Waals surface area contributed by atoms with Gasteiger partial charge in [-0.3, -0.25) is 9.59 Å². The third-order valence-electron chi connectivity index (χ3n) is 4.23. The SMILES string of the molecule is N#Cc1ccccc1NC(=O)C1CC1C(=O)Nc1cccc(C(F)(F)F)c1. The zero-order valence-electron chi connectivity index (χ0n) is 13.9. The van der Waals surface area contributed by atoms with E-state index in [-0.39, 0.29) is 5.69 Å². The average Bonchev–Trinajstić information content (AvgIpc) is 3.43. The summed E-state index contributed by atoms with van der Waals surface area (Å²) in [6.07, 6.45) is -4.21. The van der Waals surface area contributed by atoms with E-state index >= 15 is 0 Å². The molecule has 2 atom stereocenters. The Morgan fingerprint density at radius 3 is 2.33 bits per heavy atom. The first-order valence-corrected chi connectivity index (χ1v) is 8.07. The van der Waals surface area contributed by atoms with Crippen LogP contribution in [0.25, 0.3) is 0 Å². The van der Waals surface area contributed by atoms with Gasteiger partial charge in [0.1, 0.15) is 6.07 Å². The molecule has 2 unspecified atom stereocenters. The molecule has 8 heteroatoms. The maximum Gasteiger partial charge on any atom is 0.416 e. The molecular formula is C19H14F3N3O2. The number of nitrogens with one attached hydrogen (secondary N) is 2. The van der Waals surface area contributed by atoms with Crippen molar-refractivity contribution in [3.63, 3.8) is 0 Å². The lowest BCUT2D eigenvalue weighted by molar-refractivity contribution is -0.137. The number of hydrogen-bond donors (Lipinski definition) is 2. The Labute approximate surface area is 152 Å². The number of amides is 2. The van der Waals surface area contributed by atoms with Crippen molar-refractivity contribution in [1.29, 1.82) is 5.26 Å². The van der Waals surface area contributed by atoms with Crippen molar-refractivity contribution in [1.82, 2.24) is 0 Å². The van der Waals surface area contributed by atoms with Crippen molar-refractivity contribution in [2.45, 2.75) is 12.6 Å². The quantitative estimate of drug-likeness (QED) is 0.855. The predicted molar refractivity (Wildman–Crippen MR) is 91.5 cm³/mol. The second-order valence-corrected chi connectivity index (χ2v) is 6.16. The molecule has 0 spiro atoms. The van der Waals surface area contributed by atoms with Crippen molar-refractivity contribution in [2.24, 2.45) is 11.8 Å². The van der Waals surface area contributed by atoms with Crippen LogP contribution in [0.3, 0.4) is 0 Å². The smallest absolute Gasteiger partial charge is 0.326 e. The molecule has 5 nitrogen and oxygen atoms in total. The largest absolute Gasteiger partial charge is 0.416 e. The fraction of sp³-hybridized carbons (Fsp3) is 0.211. The van der Waals surface area contributed by atoms with Gasteiger partial charge in [0.25, 0.3) is 0 Å². The second-order valence-electron chi connectivity index (χ2n) is 6.16. The van der Waals surface area contributed by atoms with E-state index in [9.17, 15) is 22.8 Å². The summed E-state index contributed by atoms with van der Waals surface area (Å²) in [5.74, 6) is -2.11. The molecule has 1 aliphatic carbocycles. The van der Waals surface area contributed by atoms with E-state index in [0.29, 0.717) is 17.7 Å². The van der Waals surface area contributed by atoms with E-state index in [1.807, 2.05) is 6.07 Å². The Morgan fingerprint density at radius 2 is 1.67 bits per heavy atom. The van der Waals surface area contributed by atoms with Crippen LogP contribution in [-0.2, 0) is 15.8 Å². The number of alkyl halides is 3. The summed E-state index contributed by atoms with van der Waals surface area (Å²) >= 11 is 0. The van der Waals surface area contributed by atoms with Gasteiger partial charge in [-0.15, -0.1) is 0 Å². The highest BCUT2D eigenvalue weighted by Gasteiger charge is 2.48. The zero-order valence-corrected chi connectivity index (χ0v) is 13.9. The van der Waals surface area contributed by atoms with Crippen LogP contribution in [0, 0.1) is 23.2 Å². The number of carbonyl (C=O) groups excluding carboxylic acids is 2. The van der Waals surface area contributed by atoms with Gasteiger partial charge < -0.3 is 10.6 Å². The van der Waals surface area contributed by atoms with Gasteiger partial charge in [-0.05, 0) is 36.8 Å². The maximum atomic E-state index is 12.7. The van der Waals surface area contributed by atoms with E-state index in [4.69, 9.17) is 5.26 Å². The number of para-hydroxylation sites is 1. The number of benzene rings is 2. The molecule has 1 fully saturated rings. The fourth-order valence-electron chi connectivity index (χ4n) is 2.70. The zero-order chi connectivity index (χ0) is 19.6. The van der Waals surface area contributed by atoms with Crippen LogP contribution in [0.5, 0.6) is 0 Å². The first-order chi connectivity index (χ1) is 12.8. The molecule has 1 aliphatic rings. The molecule has 0 aliphatic heterocycles. The van der Waals surface area contributed by atoms with E-state index < -0.39 is 35.4 Å². The molecule has 0 heterocycles. The highest BCUT2D eigenvalue weighted by atomic mass is 19.4. The molecule has 2 aromatic carbocycles. The molecule has 0 saturated heterocycles. The number of nitrogens with zero attached hydrogens (tertiary/aromatic N) is 1. The van der Waals surface area contributed by atoms with Gasteiger partial charge in [0.05, 0.1) is 28.7 Å². The highest BCUT2D eigenvalue weighted by Crippen LogP contribution is 2.40. The maximum absolute atomic E-state index is 12.7. The summed E-state index contributed by atoms with van der Waals surface area (Å²) in [5, 5.41) is 14.1. The minimum absolute atomic E-state index is 0.0238. The first-order valence-electron chi connectivity index (χ1n) is 8.07. The number of halogens is 3. The molecule has 138 valence electrons. The molecule has 27 heavy (non-hydrogen) atoms. The monoisotopic (exact) mass is 373 g/mol. The Hall–Kier alpha value is -3.34. The molecule has 2 aromatic rings. The standard InChI is InChI=1S/C19H14F3N3O2/c20-19(21,22)12-5-3-6-13(8-12)24-17(26)14-9-15(14)18(27)25-16-7-2-1-4-11(16)10-23/h1-8,14-15H,9H2,(H,24,26)(H,25,27). The number of rotatable bonds is 4. The van der Waals surface area contributed by atoms with Crippen LogP contribution in [0.2, 0.25) is 0 Å². The van der Waals surface area contributed by atoms with Gasteiger partial charge in [0, 0.05) is 5.69 Å². The molecule has 3 rings (SSSR count). The summed E-state index contributed by atoms with van der Waals surface area (Å²) < 4.78 is 38.2. The van der Waals surface area contributed by atoms with Crippen molar-refractivity contribution in [2.75, 3.05) is 10.6 Å². The molecule has 0 radical (unpaired) electrons. The van der Waals surface area contributed by atoms with Gasteiger partial charge in [0.2, 0.25) is 11.8 Å². The molecule has 2 amide bonds. The Kier molecular flexibility index (Phi) is 4.86. The van der Waals surface area contributed by atoms with Crippen molar-refractivity contribution in [3.05, 3.63) is 59.7 Å². The Bertz CT molecular complexity index is 934. The fourth-order valence-corrected chi connectivity index (χ4v) is 2.70. The van der Waals surface area contributed by atoms with Gasteiger partial charge in [-0.25, -0.2) is 0 Å². The topological polar surface area (TPSA) is 82.0 Å². The van der Waals surface area contributed by atoms with E-state index in [0.717, 1.165) is 12.1 Å². The van der Waals surface area contributed by atoms with Crippen LogP contribution in [-0.4, -0.2) is 11.8 Å². The Morgan fingerprint density at radius 1 is 1.00 bits per heavy atom. The van der Waals surface area contributed by atoms with Gasteiger partial charge in [-0.1, -0.05) is 18.2 Å².